The van der Waals surface area contributed by atoms with Gasteiger partial charge in [0.15, 0.2) is 0 Å². The molecule has 1 saturated heterocycles. The van der Waals surface area contributed by atoms with Crippen LogP contribution >= 0.6 is 11.6 Å². The number of likely N-dealkylation sites (tertiary alicyclic amines) is 1. The normalized spacial score (nSPS) is 18.3. The molecule has 1 atom stereocenters. The Kier molecular flexibility index (Phi) is 4.18. The maximum atomic E-state index is 12.0. The first-order valence-electron chi connectivity index (χ1n) is 6.47. The summed E-state index contributed by atoms with van der Waals surface area (Å²) in [6.07, 6.45) is 0.628. The number of rotatable bonds is 2. The molecule has 1 heterocycles. The molecule has 20 heavy (non-hydrogen) atoms. The molecule has 0 saturated carbocycles. The minimum atomic E-state index is -0.454. The van der Waals surface area contributed by atoms with Crippen LogP contribution in [0.1, 0.15) is 17.5 Å². The zero-order chi connectivity index (χ0) is 14.9. The number of nitrogens with zero attached hydrogens (tertiary/aromatic N) is 1. The van der Waals surface area contributed by atoms with E-state index in [-0.39, 0.29) is 5.91 Å². The molecule has 1 aromatic carbocycles. The Balaban J connectivity index is 2.04. The molecule has 0 spiro atoms. The molecule has 6 heteroatoms. The second kappa shape index (κ2) is 5.71. The Labute approximate surface area is 123 Å². The number of anilines is 1. The van der Waals surface area contributed by atoms with Crippen LogP contribution in [-0.2, 0) is 4.79 Å². The molecule has 1 aliphatic heterocycles. The molecule has 2 rings (SSSR count). The number of urea groups is 1. The summed E-state index contributed by atoms with van der Waals surface area (Å²) in [6, 6.07) is 2.87. The molecule has 2 N–H and O–H groups in total. The Morgan fingerprint density at radius 1 is 1.40 bits per heavy atom. The quantitative estimate of drug-likeness (QED) is 0.879. The van der Waals surface area contributed by atoms with Crippen molar-refractivity contribution in [2.24, 2.45) is 0 Å². The van der Waals surface area contributed by atoms with Crippen LogP contribution in [0.2, 0.25) is 5.02 Å². The predicted octanol–water partition coefficient (Wildman–Crippen LogP) is 2.31. The van der Waals surface area contributed by atoms with Crippen molar-refractivity contribution in [1.29, 1.82) is 0 Å². The van der Waals surface area contributed by atoms with E-state index < -0.39 is 12.1 Å². The third-order valence-electron chi connectivity index (χ3n) is 3.40. The van der Waals surface area contributed by atoms with Crippen molar-refractivity contribution in [2.45, 2.75) is 26.3 Å². The fourth-order valence-electron chi connectivity index (χ4n) is 2.34. The Hall–Kier alpha value is -1.75. The van der Waals surface area contributed by atoms with Gasteiger partial charge in [0.1, 0.15) is 6.04 Å². The lowest BCUT2D eigenvalue weighted by atomic mass is 10.1. The van der Waals surface area contributed by atoms with Crippen molar-refractivity contribution in [2.75, 3.05) is 18.9 Å². The first-order chi connectivity index (χ1) is 9.38. The van der Waals surface area contributed by atoms with E-state index in [2.05, 4.69) is 10.6 Å². The van der Waals surface area contributed by atoms with E-state index in [4.69, 9.17) is 11.6 Å². The van der Waals surface area contributed by atoms with Crippen molar-refractivity contribution < 1.29 is 9.59 Å². The third-order valence-corrected chi connectivity index (χ3v) is 3.70. The van der Waals surface area contributed by atoms with Gasteiger partial charge in [-0.1, -0.05) is 17.7 Å². The number of halogens is 1. The van der Waals surface area contributed by atoms with Crippen molar-refractivity contribution in [3.63, 3.8) is 0 Å². The second-order valence-electron chi connectivity index (χ2n) is 5.14. The lowest BCUT2D eigenvalue weighted by Gasteiger charge is -2.15. The summed E-state index contributed by atoms with van der Waals surface area (Å²) in [4.78, 5) is 25.3. The number of nitrogens with one attached hydrogen (secondary N) is 2. The fourth-order valence-corrected chi connectivity index (χ4v) is 2.71. The van der Waals surface area contributed by atoms with E-state index in [0.29, 0.717) is 23.7 Å². The van der Waals surface area contributed by atoms with Crippen molar-refractivity contribution in [3.8, 4) is 0 Å². The molecule has 0 aromatic heterocycles. The smallest absolute Gasteiger partial charge is 0.319 e. The summed E-state index contributed by atoms with van der Waals surface area (Å²) in [5.74, 6) is -0.0631. The van der Waals surface area contributed by atoms with Gasteiger partial charge in [-0.3, -0.25) is 4.79 Å². The largest absolute Gasteiger partial charge is 0.344 e. The number of benzene rings is 1. The molecule has 3 amide bonds. The van der Waals surface area contributed by atoms with Crippen LogP contribution in [0, 0.1) is 13.8 Å². The summed E-state index contributed by atoms with van der Waals surface area (Å²) < 4.78 is 0. The van der Waals surface area contributed by atoms with Crippen LogP contribution in [0.15, 0.2) is 12.1 Å². The van der Waals surface area contributed by atoms with Gasteiger partial charge >= 0.3 is 6.03 Å². The SMILES string of the molecule is Cc1cc(C)c(NC(=O)N[C@@H]2CCN(C)C2=O)c(Cl)c1. The van der Waals surface area contributed by atoms with Gasteiger partial charge in [-0.05, 0) is 37.5 Å². The van der Waals surface area contributed by atoms with E-state index in [1.54, 1.807) is 18.0 Å². The van der Waals surface area contributed by atoms with Crippen molar-refractivity contribution in [3.05, 3.63) is 28.3 Å². The maximum Gasteiger partial charge on any atom is 0.319 e. The van der Waals surface area contributed by atoms with Gasteiger partial charge in [-0.15, -0.1) is 0 Å². The molecule has 5 nitrogen and oxygen atoms in total. The zero-order valence-corrected chi connectivity index (χ0v) is 12.5. The van der Waals surface area contributed by atoms with E-state index in [1.165, 1.54) is 0 Å². The number of hydrogen-bond donors (Lipinski definition) is 2. The summed E-state index contributed by atoms with van der Waals surface area (Å²) in [5, 5.41) is 5.89. The van der Waals surface area contributed by atoms with Crippen LogP contribution in [0.5, 0.6) is 0 Å². The van der Waals surface area contributed by atoms with Gasteiger partial charge in [0.25, 0.3) is 0 Å². The highest BCUT2D eigenvalue weighted by Gasteiger charge is 2.30. The van der Waals surface area contributed by atoms with Crippen LogP contribution in [0.4, 0.5) is 10.5 Å². The number of likely N-dealkylation sites (N-methyl/N-ethyl adjacent to an activating group) is 1. The van der Waals surface area contributed by atoms with Crippen molar-refractivity contribution in [1.82, 2.24) is 10.2 Å². The van der Waals surface area contributed by atoms with Crippen LogP contribution in [-0.4, -0.2) is 36.5 Å². The molecule has 1 aliphatic rings. The summed E-state index contributed by atoms with van der Waals surface area (Å²) in [7, 11) is 1.73. The van der Waals surface area contributed by atoms with Crippen LogP contribution in [0.3, 0.4) is 0 Å². The van der Waals surface area contributed by atoms with E-state index in [0.717, 1.165) is 11.1 Å². The lowest BCUT2D eigenvalue weighted by molar-refractivity contribution is -0.128. The van der Waals surface area contributed by atoms with E-state index >= 15 is 0 Å². The molecule has 108 valence electrons. The maximum absolute atomic E-state index is 12.0. The first-order valence-corrected chi connectivity index (χ1v) is 6.85. The lowest BCUT2D eigenvalue weighted by Crippen LogP contribution is -2.42. The number of carbonyl (C=O) groups is 2. The third kappa shape index (κ3) is 3.04. The van der Waals surface area contributed by atoms with Gasteiger partial charge in [0.05, 0.1) is 10.7 Å². The molecule has 1 aromatic rings. The summed E-state index contributed by atoms with van der Waals surface area (Å²) >= 11 is 6.13. The molecular weight excluding hydrogens is 278 g/mol. The minimum absolute atomic E-state index is 0.0631. The minimum Gasteiger partial charge on any atom is -0.344 e. The van der Waals surface area contributed by atoms with E-state index in [9.17, 15) is 9.59 Å². The monoisotopic (exact) mass is 295 g/mol. The number of amides is 3. The average Bonchev–Trinajstić information content (AvgIpc) is 2.66. The van der Waals surface area contributed by atoms with Crippen LogP contribution in [0.25, 0.3) is 0 Å². The second-order valence-corrected chi connectivity index (χ2v) is 5.55. The molecule has 0 aliphatic carbocycles. The number of aryl methyl sites for hydroxylation is 2. The van der Waals surface area contributed by atoms with Gasteiger partial charge in [-0.25, -0.2) is 4.79 Å². The molecule has 1 fully saturated rings. The van der Waals surface area contributed by atoms with E-state index in [1.807, 2.05) is 19.9 Å². The highest BCUT2D eigenvalue weighted by atomic mass is 35.5. The molecule has 0 unspecified atom stereocenters. The van der Waals surface area contributed by atoms with Gasteiger partial charge in [0, 0.05) is 13.6 Å². The van der Waals surface area contributed by atoms with Crippen molar-refractivity contribution >= 4 is 29.2 Å². The number of carbonyl (C=O) groups excluding carboxylic acids is 2. The topological polar surface area (TPSA) is 61.4 Å². The predicted molar refractivity (Wildman–Crippen MR) is 79.1 cm³/mol. The molecule has 0 radical (unpaired) electrons. The Morgan fingerprint density at radius 2 is 2.10 bits per heavy atom. The van der Waals surface area contributed by atoms with Crippen LogP contribution < -0.4 is 10.6 Å². The average molecular weight is 296 g/mol. The zero-order valence-electron chi connectivity index (χ0n) is 11.8. The highest BCUT2D eigenvalue weighted by molar-refractivity contribution is 6.34. The molecular formula is C14H18ClN3O2. The van der Waals surface area contributed by atoms with Gasteiger partial charge in [0.2, 0.25) is 5.91 Å². The Bertz CT molecular complexity index is 536. The van der Waals surface area contributed by atoms with Gasteiger partial charge in [-0.2, -0.15) is 0 Å². The fraction of sp³-hybridized carbons (Fsp3) is 0.429. The number of hydrogen-bond acceptors (Lipinski definition) is 2. The standard InChI is InChI=1S/C14H18ClN3O2/c1-8-6-9(2)12(10(15)7-8)17-14(20)16-11-4-5-18(3)13(11)19/h6-7,11H,4-5H2,1-3H3,(H2,16,17,20)/t11-/m1/s1. The van der Waals surface area contributed by atoms with Gasteiger partial charge < -0.3 is 15.5 Å². The first kappa shape index (κ1) is 14.7. The molecule has 0 bridgehead atoms. The summed E-state index contributed by atoms with van der Waals surface area (Å²) in [6.45, 7) is 4.48. The Morgan fingerprint density at radius 3 is 2.65 bits per heavy atom. The summed E-state index contributed by atoms with van der Waals surface area (Å²) in [5.41, 5.74) is 2.50. The highest BCUT2D eigenvalue weighted by Crippen LogP contribution is 2.27.